The standard InChI is InChI=1S/C13H12OS.C11H10OS.C4H8O.C2H2/c1-2-11(14)7-8-12-9-10-5-3-4-6-13(10)15-12;12-7-3-5-10-8-9-4-1-2-6-11(9)13-10;1-2-4-5-3-1;1-2/h1,3-6,9,11,14H,7-8H2;1-2,4,6-8H,3,5H2;1-4H2;1-2H. The first-order valence-corrected chi connectivity index (χ1v) is 13.3. The molecular formula is C30H32O3S2. The zero-order valence-corrected chi connectivity index (χ0v) is 21.5. The summed E-state index contributed by atoms with van der Waals surface area (Å²) in [6.45, 7) is 2.00. The van der Waals surface area contributed by atoms with E-state index in [-0.39, 0.29) is 0 Å². The van der Waals surface area contributed by atoms with Crippen LogP contribution >= 0.6 is 22.7 Å². The van der Waals surface area contributed by atoms with Crippen LogP contribution in [0.5, 0.6) is 0 Å². The lowest BCUT2D eigenvalue weighted by molar-refractivity contribution is -0.107. The molecule has 5 rings (SSSR count). The van der Waals surface area contributed by atoms with Crippen molar-refractivity contribution >= 4 is 49.1 Å². The van der Waals surface area contributed by atoms with Crippen LogP contribution < -0.4 is 0 Å². The molecule has 3 nitrogen and oxygen atoms in total. The molecule has 182 valence electrons. The van der Waals surface area contributed by atoms with Crippen molar-refractivity contribution in [2.45, 2.75) is 44.6 Å². The number of aryl methyl sites for hydroxylation is 2. The molecule has 1 fully saturated rings. The lowest BCUT2D eigenvalue weighted by Crippen LogP contribution is -2.02. The summed E-state index contributed by atoms with van der Waals surface area (Å²) in [6.07, 6.45) is 19.0. The van der Waals surface area contributed by atoms with Crippen LogP contribution in [0.2, 0.25) is 0 Å². The van der Waals surface area contributed by atoms with Crippen molar-refractivity contribution in [2.75, 3.05) is 13.2 Å². The minimum Gasteiger partial charge on any atom is -0.381 e. The van der Waals surface area contributed by atoms with Crippen LogP contribution in [0.25, 0.3) is 20.2 Å². The minimum absolute atomic E-state index is 0.616. The van der Waals surface area contributed by atoms with Gasteiger partial charge in [-0.1, -0.05) is 42.3 Å². The molecule has 0 bridgehead atoms. The van der Waals surface area contributed by atoms with Crippen LogP contribution in [0.15, 0.2) is 60.7 Å². The number of rotatable bonds is 6. The van der Waals surface area contributed by atoms with Gasteiger partial charge in [0.15, 0.2) is 0 Å². The Morgan fingerprint density at radius 2 is 1.43 bits per heavy atom. The highest BCUT2D eigenvalue weighted by Crippen LogP contribution is 2.27. The molecule has 2 aromatic carbocycles. The first-order valence-electron chi connectivity index (χ1n) is 11.6. The number of fused-ring (bicyclic) bond motifs is 2. The van der Waals surface area contributed by atoms with Crippen molar-refractivity contribution < 1.29 is 14.6 Å². The van der Waals surface area contributed by atoms with E-state index in [1.807, 2.05) is 24.3 Å². The Balaban J connectivity index is 0.000000196. The zero-order chi connectivity index (χ0) is 25.3. The molecule has 0 saturated carbocycles. The van der Waals surface area contributed by atoms with Gasteiger partial charge in [-0.15, -0.1) is 41.9 Å². The van der Waals surface area contributed by atoms with Gasteiger partial charge in [-0.2, -0.15) is 0 Å². The van der Waals surface area contributed by atoms with Gasteiger partial charge in [0.25, 0.3) is 0 Å². The Labute approximate surface area is 216 Å². The van der Waals surface area contributed by atoms with Gasteiger partial charge < -0.3 is 14.6 Å². The normalized spacial score (nSPS) is 12.7. The molecule has 0 amide bonds. The predicted octanol–water partition coefficient (Wildman–Crippen LogP) is 6.91. The maximum atomic E-state index is 10.2. The zero-order valence-electron chi connectivity index (χ0n) is 19.9. The average Bonchev–Trinajstić information content (AvgIpc) is 3.68. The van der Waals surface area contributed by atoms with Crippen molar-refractivity contribution in [3.05, 3.63) is 70.4 Å². The third-order valence-electron chi connectivity index (χ3n) is 5.15. The summed E-state index contributed by atoms with van der Waals surface area (Å²) in [6, 6.07) is 20.9. The third kappa shape index (κ3) is 10.1. The Hall–Kier alpha value is -2.93. The first-order chi connectivity index (χ1) is 17.2. The van der Waals surface area contributed by atoms with E-state index in [1.165, 1.54) is 42.8 Å². The van der Waals surface area contributed by atoms with Crippen LogP contribution in [-0.4, -0.2) is 30.7 Å². The molecule has 1 saturated heterocycles. The number of carbonyl (C=O) groups excluding carboxylic acids is 1. The number of terminal acetylenes is 2. The lowest BCUT2D eigenvalue weighted by Gasteiger charge is -1.99. The molecule has 1 unspecified atom stereocenters. The van der Waals surface area contributed by atoms with Crippen LogP contribution in [0.4, 0.5) is 0 Å². The van der Waals surface area contributed by atoms with Crippen molar-refractivity contribution in [3.63, 3.8) is 0 Å². The number of carbonyl (C=O) groups is 1. The number of ether oxygens (including phenoxy) is 1. The molecule has 4 aromatic rings. The second-order valence-corrected chi connectivity index (χ2v) is 10.1. The number of thiophene rings is 2. The van der Waals surface area contributed by atoms with Crippen molar-refractivity contribution in [2.24, 2.45) is 0 Å². The molecule has 5 heteroatoms. The molecule has 0 spiro atoms. The van der Waals surface area contributed by atoms with E-state index in [9.17, 15) is 9.90 Å². The van der Waals surface area contributed by atoms with E-state index in [4.69, 9.17) is 11.2 Å². The van der Waals surface area contributed by atoms with E-state index >= 15 is 0 Å². The Kier molecular flexibility index (Phi) is 13.5. The monoisotopic (exact) mass is 504 g/mol. The van der Waals surface area contributed by atoms with Gasteiger partial charge in [0, 0.05) is 38.8 Å². The summed E-state index contributed by atoms with van der Waals surface area (Å²) < 4.78 is 7.55. The highest BCUT2D eigenvalue weighted by molar-refractivity contribution is 7.19. The van der Waals surface area contributed by atoms with Crippen molar-refractivity contribution in [1.82, 2.24) is 0 Å². The van der Waals surface area contributed by atoms with Gasteiger partial charge in [0.2, 0.25) is 0 Å². The third-order valence-corrected chi connectivity index (χ3v) is 7.50. The quantitative estimate of drug-likeness (QED) is 0.229. The van der Waals surface area contributed by atoms with Crippen LogP contribution in [0.1, 0.15) is 35.4 Å². The van der Waals surface area contributed by atoms with Crippen molar-refractivity contribution in [3.8, 4) is 25.2 Å². The molecule has 35 heavy (non-hydrogen) atoms. The van der Waals surface area contributed by atoms with Gasteiger partial charge >= 0.3 is 0 Å². The van der Waals surface area contributed by atoms with Crippen molar-refractivity contribution in [1.29, 1.82) is 0 Å². The molecule has 3 heterocycles. The Morgan fingerprint density at radius 3 is 1.86 bits per heavy atom. The summed E-state index contributed by atoms with van der Waals surface area (Å²) in [7, 11) is 0. The molecule has 0 radical (unpaired) electrons. The predicted molar refractivity (Wildman–Crippen MR) is 151 cm³/mol. The number of aldehydes is 1. The molecule has 0 aliphatic carbocycles. The number of aliphatic hydroxyl groups is 1. The Morgan fingerprint density at radius 1 is 0.914 bits per heavy atom. The molecular weight excluding hydrogens is 472 g/mol. The van der Waals surface area contributed by atoms with Gasteiger partial charge in [0.1, 0.15) is 12.4 Å². The van der Waals surface area contributed by atoms with E-state index in [2.05, 4.69) is 55.2 Å². The van der Waals surface area contributed by atoms with Crippen LogP contribution in [0.3, 0.4) is 0 Å². The van der Waals surface area contributed by atoms with E-state index in [1.54, 1.807) is 22.7 Å². The minimum atomic E-state index is -0.616. The smallest absolute Gasteiger partial charge is 0.120 e. The summed E-state index contributed by atoms with van der Waals surface area (Å²) in [4.78, 5) is 12.8. The van der Waals surface area contributed by atoms with Gasteiger partial charge in [-0.05, 0) is 67.1 Å². The fourth-order valence-electron chi connectivity index (χ4n) is 3.39. The number of hydrogen-bond acceptors (Lipinski definition) is 5. The molecule has 1 aliphatic heterocycles. The SMILES string of the molecule is C#C.C#CC(O)CCc1cc2ccccc2s1.C1CCOC1.O=CCCc1cc2ccccc2s1. The highest BCUT2D eigenvalue weighted by Gasteiger charge is 2.04. The lowest BCUT2D eigenvalue weighted by atomic mass is 10.1. The van der Waals surface area contributed by atoms with Crippen LogP contribution in [0, 0.1) is 25.2 Å². The second kappa shape index (κ2) is 16.7. The average molecular weight is 505 g/mol. The summed E-state index contributed by atoms with van der Waals surface area (Å²) in [5, 5.41) is 11.8. The summed E-state index contributed by atoms with van der Waals surface area (Å²) in [5.41, 5.74) is 0. The fourth-order valence-corrected chi connectivity index (χ4v) is 5.55. The van der Waals surface area contributed by atoms with Gasteiger partial charge in [-0.25, -0.2) is 0 Å². The highest BCUT2D eigenvalue weighted by atomic mass is 32.1. The Bertz CT molecular complexity index is 1130. The number of benzene rings is 2. The number of hydrogen-bond donors (Lipinski definition) is 1. The van der Waals surface area contributed by atoms with E-state index < -0.39 is 6.10 Å². The molecule has 2 aromatic heterocycles. The molecule has 1 N–H and O–H groups in total. The molecule has 1 aliphatic rings. The fraction of sp³-hybridized carbons (Fsp3) is 0.300. The number of aliphatic hydroxyl groups excluding tert-OH is 1. The van der Waals surface area contributed by atoms with Crippen LogP contribution in [-0.2, 0) is 22.4 Å². The maximum absolute atomic E-state index is 10.2. The second-order valence-electron chi connectivity index (χ2n) is 7.75. The molecule has 1 atom stereocenters. The van der Waals surface area contributed by atoms with Gasteiger partial charge in [-0.3, -0.25) is 0 Å². The maximum Gasteiger partial charge on any atom is 0.120 e. The van der Waals surface area contributed by atoms with Gasteiger partial charge in [0.05, 0.1) is 0 Å². The summed E-state index contributed by atoms with van der Waals surface area (Å²) >= 11 is 3.55. The van der Waals surface area contributed by atoms with E-state index in [0.29, 0.717) is 12.8 Å². The largest absolute Gasteiger partial charge is 0.381 e. The first kappa shape index (κ1) is 28.3. The van der Waals surface area contributed by atoms with E-state index in [0.717, 1.165) is 32.3 Å². The summed E-state index contributed by atoms with van der Waals surface area (Å²) in [5.74, 6) is 2.33. The topological polar surface area (TPSA) is 46.5 Å².